The molecule has 1 saturated heterocycles. The molecule has 5 rings (SSSR count). The van der Waals surface area contributed by atoms with Gasteiger partial charge in [0.15, 0.2) is 0 Å². The zero-order valence-electron chi connectivity index (χ0n) is 28.3. The Kier molecular flexibility index (Phi) is 11.5. The van der Waals surface area contributed by atoms with Gasteiger partial charge >= 0.3 is 0 Å². The fraction of sp³-hybridized carbons (Fsp3) is 0.361. The second-order valence-electron chi connectivity index (χ2n) is 11.9. The van der Waals surface area contributed by atoms with Gasteiger partial charge in [0.2, 0.25) is 17.7 Å². The number of nitrogens with one attached hydrogen (secondary N) is 1. The van der Waals surface area contributed by atoms with Gasteiger partial charge in [-0.25, -0.2) is 15.0 Å². The number of likely N-dealkylation sites (tertiary alicyclic amines) is 1. The van der Waals surface area contributed by atoms with E-state index >= 15 is 0 Å². The van der Waals surface area contributed by atoms with Gasteiger partial charge in [-0.3, -0.25) is 29.8 Å². The molecular weight excluding hydrogens is 620 g/mol. The number of hydrogen-bond donors (Lipinski definition) is 3. The lowest BCUT2D eigenvalue weighted by Crippen LogP contribution is -2.42. The number of nitrogens with zero attached hydrogens (tertiary/aromatic N) is 7. The molecule has 3 aromatic rings. The molecule has 13 heteroatoms. The Morgan fingerprint density at radius 1 is 1.10 bits per heavy atom. The molecule has 0 radical (unpaired) electrons. The predicted molar refractivity (Wildman–Crippen MR) is 193 cm³/mol. The average Bonchev–Trinajstić information content (AvgIpc) is 3.60. The summed E-state index contributed by atoms with van der Waals surface area (Å²) in [5, 5.41) is 8.74. The molecule has 0 bridgehead atoms. The first-order valence-electron chi connectivity index (χ1n) is 16.5. The Morgan fingerprint density at radius 3 is 2.53 bits per heavy atom. The first-order valence-corrected chi connectivity index (χ1v) is 16.5. The Labute approximate surface area is 286 Å². The number of carbonyl (C=O) groups excluding carboxylic acids is 2. The summed E-state index contributed by atoms with van der Waals surface area (Å²) in [6.45, 7) is 7.27. The molecule has 1 aromatic carbocycles. The molecule has 49 heavy (non-hydrogen) atoms. The molecule has 0 spiro atoms. The molecule has 13 nitrogen and oxygen atoms in total. The standard InChI is InChI=1S/C36H44N10O3/c1-4-46(30-12-11-29(37)34(43-30)33(38)27-10-13-31(41-20-27)49-5-2)36(48)28-14-17-44(21-28)22-32(47)45-18-15-25(16-19-45)24-6-8-26(9-7-24)35(39)42-23-40-3/h6-13,15,20,23,28,38H,4-5,14,16-19,21-22,37H2,1-3H3,(H2,39,40,42)/t28-/m1/s1. The molecule has 0 unspecified atom stereocenters. The number of nitrogen functional groups attached to an aromatic ring is 1. The van der Waals surface area contributed by atoms with Crippen molar-refractivity contribution in [1.29, 1.82) is 5.41 Å². The summed E-state index contributed by atoms with van der Waals surface area (Å²) in [7, 11) is 1.64. The smallest absolute Gasteiger partial charge is 0.237 e. The zero-order valence-corrected chi connectivity index (χ0v) is 28.3. The normalized spacial score (nSPS) is 16.9. The first-order chi connectivity index (χ1) is 23.7. The summed E-state index contributed by atoms with van der Waals surface area (Å²) >= 11 is 0. The number of aromatic nitrogens is 2. The van der Waals surface area contributed by atoms with Gasteiger partial charge < -0.3 is 21.1 Å². The number of amides is 2. The van der Waals surface area contributed by atoms with Crippen LogP contribution in [0.2, 0.25) is 0 Å². The van der Waals surface area contributed by atoms with Crippen LogP contribution in [0, 0.1) is 11.3 Å². The lowest BCUT2D eigenvalue weighted by atomic mass is 9.98. The third kappa shape index (κ3) is 8.36. The molecule has 2 aromatic heterocycles. The summed E-state index contributed by atoms with van der Waals surface area (Å²) in [6.07, 6.45) is 6.48. The van der Waals surface area contributed by atoms with E-state index < -0.39 is 0 Å². The number of anilines is 2. The predicted octanol–water partition coefficient (Wildman–Crippen LogP) is 3.23. The van der Waals surface area contributed by atoms with Crippen LogP contribution in [0.15, 0.2) is 70.8 Å². The van der Waals surface area contributed by atoms with Crippen molar-refractivity contribution in [3.05, 3.63) is 83.2 Å². The lowest BCUT2D eigenvalue weighted by molar-refractivity contribution is -0.132. The topological polar surface area (TPSA) is 179 Å². The van der Waals surface area contributed by atoms with Crippen molar-refractivity contribution < 1.29 is 14.3 Å². The van der Waals surface area contributed by atoms with Gasteiger partial charge in [0.1, 0.15) is 23.7 Å². The maximum atomic E-state index is 13.7. The molecule has 5 N–H and O–H groups in total. The molecule has 0 saturated carbocycles. The van der Waals surface area contributed by atoms with Crippen LogP contribution in [0.1, 0.15) is 49.1 Å². The van der Waals surface area contributed by atoms with Gasteiger partial charge in [-0.1, -0.05) is 30.3 Å². The minimum absolute atomic E-state index is 0.0554. The highest BCUT2D eigenvalue weighted by molar-refractivity contribution is 6.12. The number of carbonyl (C=O) groups is 2. The minimum Gasteiger partial charge on any atom is -0.478 e. The van der Waals surface area contributed by atoms with Crippen molar-refractivity contribution in [2.75, 3.05) is 63.6 Å². The molecule has 1 atom stereocenters. The summed E-state index contributed by atoms with van der Waals surface area (Å²) < 4.78 is 5.40. The number of hydrogen-bond acceptors (Lipinski definition) is 9. The number of ether oxygens (including phenoxy) is 1. The van der Waals surface area contributed by atoms with Gasteiger partial charge in [0.25, 0.3) is 0 Å². The van der Waals surface area contributed by atoms with E-state index in [0.29, 0.717) is 74.5 Å². The molecule has 256 valence electrons. The number of nitrogens with two attached hydrogens (primary N) is 2. The number of amidine groups is 1. The van der Waals surface area contributed by atoms with Gasteiger partial charge in [-0.05, 0) is 62.6 Å². The maximum Gasteiger partial charge on any atom is 0.237 e. The minimum atomic E-state index is -0.269. The molecule has 2 amide bonds. The van der Waals surface area contributed by atoms with Crippen LogP contribution < -0.4 is 21.1 Å². The van der Waals surface area contributed by atoms with Crippen molar-refractivity contribution in [2.24, 2.45) is 21.6 Å². The molecular formula is C36H44N10O3. The first kappa shape index (κ1) is 34.9. The molecule has 0 aliphatic carbocycles. The quantitative estimate of drug-likeness (QED) is 0.195. The number of aliphatic imine (C=N–C) groups is 2. The molecule has 1 fully saturated rings. The van der Waals surface area contributed by atoms with E-state index in [0.717, 1.165) is 17.5 Å². The number of rotatable bonds is 12. The van der Waals surface area contributed by atoms with E-state index in [1.807, 2.05) is 43.0 Å². The summed E-state index contributed by atoms with van der Waals surface area (Å²) in [4.78, 5) is 49.4. The highest BCUT2D eigenvalue weighted by atomic mass is 16.5. The Morgan fingerprint density at radius 2 is 1.88 bits per heavy atom. The van der Waals surface area contributed by atoms with Gasteiger partial charge in [0, 0.05) is 56.6 Å². The summed E-state index contributed by atoms with van der Waals surface area (Å²) in [5.41, 5.74) is 16.6. The van der Waals surface area contributed by atoms with Crippen LogP contribution in [-0.2, 0) is 9.59 Å². The maximum absolute atomic E-state index is 13.7. The molecule has 4 heterocycles. The molecule has 2 aliphatic heterocycles. The Hall–Kier alpha value is -5.43. The Balaban J connectivity index is 1.16. The fourth-order valence-electron chi connectivity index (χ4n) is 6.04. The fourth-order valence-corrected chi connectivity index (χ4v) is 6.04. The van der Waals surface area contributed by atoms with E-state index in [2.05, 4.69) is 30.9 Å². The summed E-state index contributed by atoms with van der Waals surface area (Å²) in [5.74, 6) is 1.04. The highest BCUT2D eigenvalue weighted by Crippen LogP contribution is 2.26. The third-order valence-corrected chi connectivity index (χ3v) is 8.73. The monoisotopic (exact) mass is 664 g/mol. The van der Waals surface area contributed by atoms with Crippen molar-refractivity contribution in [1.82, 2.24) is 19.8 Å². The second-order valence-corrected chi connectivity index (χ2v) is 11.9. The number of benzene rings is 1. The van der Waals surface area contributed by atoms with E-state index in [4.69, 9.17) is 21.6 Å². The van der Waals surface area contributed by atoms with Crippen molar-refractivity contribution in [3.63, 3.8) is 0 Å². The van der Waals surface area contributed by atoms with Crippen LogP contribution in [0.4, 0.5) is 11.5 Å². The zero-order chi connectivity index (χ0) is 34.9. The lowest BCUT2D eigenvalue weighted by Gasteiger charge is -2.29. The van der Waals surface area contributed by atoms with Crippen molar-refractivity contribution in [2.45, 2.75) is 26.7 Å². The SMILES string of the molecule is CCOc1ccc(C(=N)c2nc(N(CC)C(=O)[C@@H]3CCN(CC(=O)N4CC=C(c5ccc(C(N)=NC=NC)cc5)CC4)C3)ccc2N)cn1. The van der Waals surface area contributed by atoms with E-state index in [9.17, 15) is 9.59 Å². The van der Waals surface area contributed by atoms with Crippen LogP contribution in [0.3, 0.4) is 0 Å². The van der Waals surface area contributed by atoms with Crippen molar-refractivity contribution in [3.8, 4) is 5.88 Å². The third-order valence-electron chi connectivity index (χ3n) is 8.73. The largest absolute Gasteiger partial charge is 0.478 e. The van der Waals surface area contributed by atoms with Gasteiger partial charge in [-0.2, -0.15) is 0 Å². The number of pyridine rings is 2. The van der Waals surface area contributed by atoms with Crippen LogP contribution in [-0.4, -0.2) is 102 Å². The van der Waals surface area contributed by atoms with Crippen LogP contribution >= 0.6 is 0 Å². The van der Waals surface area contributed by atoms with Crippen LogP contribution in [0.5, 0.6) is 5.88 Å². The van der Waals surface area contributed by atoms with Gasteiger partial charge in [0.05, 0.1) is 30.5 Å². The van der Waals surface area contributed by atoms with Gasteiger partial charge in [-0.15, -0.1) is 0 Å². The van der Waals surface area contributed by atoms with Crippen molar-refractivity contribution >= 4 is 46.8 Å². The molecule has 2 aliphatic rings. The second kappa shape index (κ2) is 16.1. The highest BCUT2D eigenvalue weighted by Gasteiger charge is 2.34. The summed E-state index contributed by atoms with van der Waals surface area (Å²) in [6, 6.07) is 14.7. The van der Waals surface area contributed by atoms with Crippen LogP contribution in [0.25, 0.3) is 5.57 Å². The van der Waals surface area contributed by atoms with E-state index in [-0.39, 0.29) is 35.7 Å². The average molecular weight is 665 g/mol. The van der Waals surface area contributed by atoms with E-state index in [1.54, 1.807) is 42.4 Å². The van der Waals surface area contributed by atoms with E-state index in [1.165, 1.54) is 11.9 Å². The Bertz CT molecular complexity index is 1750.